The molecule has 0 heterocycles. The normalized spacial score (nSPS) is 30.8. The minimum absolute atomic E-state index is 0.192. The zero-order valence-electron chi connectivity index (χ0n) is 13.8. The third-order valence-electron chi connectivity index (χ3n) is 4.62. The lowest BCUT2D eigenvalue weighted by molar-refractivity contribution is -0.151. The van der Waals surface area contributed by atoms with Crippen LogP contribution < -0.4 is 4.74 Å². The summed E-state index contributed by atoms with van der Waals surface area (Å²) in [7, 11) is 1.52. The molecule has 0 aromatic heterocycles. The number of carbonyl (C=O) groups is 3. The van der Waals surface area contributed by atoms with Crippen LogP contribution in [0.15, 0.2) is 24.3 Å². The van der Waals surface area contributed by atoms with Gasteiger partial charge in [-0.3, -0.25) is 14.4 Å². The van der Waals surface area contributed by atoms with Gasteiger partial charge in [-0.25, -0.2) is 0 Å². The van der Waals surface area contributed by atoms with Gasteiger partial charge in [-0.2, -0.15) is 0 Å². The summed E-state index contributed by atoms with van der Waals surface area (Å²) in [6, 6.07) is 6.97. The van der Waals surface area contributed by atoms with Gasteiger partial charge in [0.05, 0.1) is 24.5 Å². The quantitative estimate of drug-likeness (QED) is 0.858. The highest BCUT2D eigenvalue weighted by atomic mass is 16.5. The fourth-order valence-electron chi connectivity index (χ4n) is 3.76. The van der Waals surface area contributed by atoms with E-state index in [0.717, 1.165) is 0 Å². The highest BCUT2D eigenvalue weighted by molar-refractivity contribution is 6.05. The molecule has 0 bridgehead atoms. The van der Waals surface area contributed by atoms with E-state index in [1.807, 2.05) is 0 Å². The van der Waals surface area contributed by atoms with E-state index in [1.165, 1.54) is 27.9 Å². The van der Waals surface area contributed by atoms with E-state index < -0.39 is 23.4 Å². The largest absolute Gasteiger partial charge is 0.497 e. The van der Waals surface area contributed by atoms with Crippen molar-refractivity contribution in [3.8, 4) is 5.75 Å². The Balaban J connectivity index is 2.64. The van der Waals surface area contributed by atoms with Gasteiger partial charge in [-0.05, 0) is 38.5 Å². The average molecular weight is 318 g/mol. The number of benzene rings is 1. The lowest BCUT2D eigenvalue weighted by atomic mass is 9.60. The number of rotatable bonds is 4. The third-order valence-corrected chi connectivity index (χ3v) is 4.62. The van der Waals surface area contributed by atoms with Gasteiger partial charge in [-0.15, -0.1) is 0 Å². The standard InChI is InChI=1S/C18H22O5/c1-10(19)15-14(21)9-18(3,22)17(11(2)20)16(15)12-6-5-7-13(8-12)23-4/h5-8,15-17,22H,9H2,1-4H3/t15-,16+,17-,18-/m1/s1. The summed E-state index contributed by atoms with van der Waals surface area (Å²) in [6.07, 6.45) is -0.192. The Bertz CT molecular complexity index is 647. The molecule has 4 atom stereocenters. The highest BCUT2D eigenvalue weighted by Gasteiger charge is 2.53. The van der Waals surface area contributed by atoms with Crippen molar-refractivity contribution in [3.63, 3.8) is 0 Å². The molecule has 23 heavy (non-hydrogen) atoms. The smallest absolute Gasteiger partial charge is 0.146 e. The molecule has 5 nitrogen and oxygen atoms in total. The minimum atomic E-state index is -1.47. The number of hydrogen-bond donors (Lipinski definition) is 1. The molecule has 1 aliphatic rings. The molecule has 1 saturated carbocycles. The average Bonchev–Trinajstić information content (AvgIpc) is 2.44. The lowest BCUT2D eigenvalue weighted by Crippen LogP contribution is -2.53. The van der Waals surface area contributed by atoms with Gasteiger partial charge in [0.25, 0.3) is 0 Å². The molecule has 0 spiro atoms. The summed E-state index contributed by atoms with van der Waals surface area (Å²) in [5.41, 5.74) is -0.819. The molecule has 0 radical (unpaired) electrons. The van der Waals surface area contributed by atoms with Crippen molar-refractivity contribution in [3.05, 3.63) is 29.8 Å². The SMILES string of the molecule is COc1cccc([C@H]2[C@H](C(C)=O)C(=O)C[C@@](C)(O)[C@@H]2C(C)=O)c1. The van der Waals surface area contributed by atoms with Crippen molar-refractivity contribution >= 4 is 17.3 Å². The molecule has 1 N–H and O–H groups in total. The maximum Gasteiger partial charge on any atom is 0.146 e. The second kappa shape index (κ2) is 6.24. The molecule has 1 aromatic rings. The van der Waals surface area contributed by atoms with E-state index in [0.29, 0.717) is 11.3 Å². The van der Waals surface area contributed by atoms with Crippen molar-refractivity contribution in [2.45, 2.75) is 38.7 Å². The summed E-state index contributed by atoms with van der Waals surface area (Å²) in [4.78, 5) is 36.7. The van der Waals surface area contributed by atoms with E-state index >= 15 is 0 Å². The van der Waals surface area contributed by atoms with E-state index in [-0.39, 0.29) is 23.8 Å². The van der Waals surface area contributed by atoms with Gasteiger partial charge in [0.2, 0.25) is 0 Å². The topological polar surface area (TPSA) is 80.7 Å². The zero-order chi connectivity index (χ0) is 17.4. The van der Waals surface area contributed by atoms with Crippen molar-refractivity contribution in [1.82, 2.24) is 0 Å². The lowest BCUT2D eigenvalue weighted by Gasteiger charge is -2.44. The van der Waals surface area contributed by atoms with Crippen LogP contribution in [0.5, 0.6) is 5.75 Å². The van der Waals surface area contributed by atoms with Gasteiger partial charge in [0.15, 0.2) is 0 Å². The van der Waals surface area contributed by atoms with Crippen molar-refractivity contribution in [2.75, 3.05) is 7.11 Å². The van der Waals surface area contributed by atoms with Crippen LogP contribution in [0.3, 0.4) is 0 Å². The Kier molecular flexibility index (Phi) is 4.71. The summed E-state index contributed by atoms with van der Waals surface area (Å²) in [5, 5.41) is 10.6. The van der Waals surface area contributed by atoms with Crippen LogP contribution in [0.1, 0.15) is 38.7 Å². The Morgan fingerprint density at radius 3 is 2.43 bits per heavy atom. The molecule has 1 aromatic carbocycles. The summed E-state index contributed by atoms with van der Waals surface area (Å²) in [5.74, 6) is -2.70. The molecule has 1 aliphatic carbocycles. The second-order valence-corrected chi connectivity index (χ2v) is 6.48. The van der Waals surface area contributed by atoms with E-state index in [4.69, 9.17) is 4.74 Å². The van der Waals surface area contributed by atoms with Crippen LogP contribution >= 0.6 is 0 Å². The molecule has 0 amide bonds. The van der Waals surface area contributed by atoms with Crippen LogP contribution in [0.4, 0.5) is 0 Å². The molecule has 0 saturated heterocycles. The fraction of sp³-hybridized carbons (Fsp3) is 0.500. The summed E-state index contributed by atoms with van der Waals surface area (Å²) >= 11 is 0. The van der Waals surface area contributed by atoms with E-state index in [2.05, 4.69) is 0 Å². The van der Waals surface area contributed by atoms with Crippen molar-refractivity contribution < 1.29 is 24.2 Å². The first-order valence-corrected chi connectivity index (χ1v) is 7.59. The molecular weight excluding hydrogens is 296 g/mol. The Labute approximate surface area is 135 Å². The summed E-state index contributed by atoms with van der Waals surface area (Å²) in [6.45, 7) is 4.23. The van der Waals surface area contributed by atoms with Gasteiger partial charge < -0.3 is 9.84 Å². The van der Waals surface area contributed by atoms with Crippen LogP contribution in [0, 0.1) is 11.8 Å². The Hall–Kier alpha value is -2.01. The first-order valence-electron chi connectivity index (χ1n) is 7.59. The van der Waals surface area contributed by atoms with Crippen LogP contribution in [0.25, 0.3) is 0 Å². The minimum Gasteiger partial charge on any atom is -0.497 e. The first-order chi connectivity index (χ1) is 10.7. The predicted octanol–water partition coefficient (Wildman–Crippen LogP) is 1.91. The van der Waals surface area contributed by atoms with Crippen LogP contribution in [0.2, 0.25) is 0 Å². The number of carbonyl (C=O) groups excluding carboxylic acids is 3. The van der Waals surface area contributed by atoms with Crippen molar-refractivity contribution in [1.29, 1.82) is 0 Å². The Morgan fingerprint density at radius 1 is 1.26 bits per heavy atom. The highest BCUT2D eigenvalue weighted by Crippen LogP contribution is 2.46. The Morgan fingerprint density at radius 2 is 1.91 bits per heavy atom. The van der Waals surface area contributed by atoms with E-state index in [1.54, 1.807) is 24.3 Å². The van der Waals surface area contributed by atoms with Gasteiger partial charge in [0, 0.05) is 12.3 Å². The van der Waals surface area contributed by atoms with Gasteiger partial charge in [0.1, 0.15) is 23.1 Å². The number of aliphatic hydroxyl groups is 1. The van der Waals surface area contributed by atoms with Crippen LogP contribution in [-0.2, 0) is 14.4 Å². The molecular formula is C18H22O5. The van der Waals surface area contributed by atoms with Crippen molar-refractivity contribution in [2.24, 2.45) is 11.8 Å². The number of methoxy groups -OCH3 is 1. The van der Waals surface area contributed by atoms with Gasteiger partial charge >= 0.3 is 0 Å². The molecule has 1 fully saturated rings. The zero-order valence-corrected chi connectivity index (χ0v) is 13.8. The molecule has 2 rings (SSSR count). The molecule has 5 heteroatoms. The molecule has 0 aliphatic heterocycles. The van der Waals surface area contributed by atoms with E-state index in [9.17, 15) is 19.5 Å². The molecule has 0 unspecified atom stereocenters. The third kappa shape index (κ3) is 3.20. The molecule has 124 valence electrons. The summed E-state index contributed by atoms with van der Waals surface area (Å²) < 4.78 is 5.20. The number of ether oxygens (including phenoxy) is 1. The number of ketones is 3. The monoisotopic (exact) mass is 318 g/mol. The van der Waals surface area contributed by atoms with Gasteiger partial charge in [-0.1, -0.05) is 12.1 Å². The second-order valence-electron chi connectivity index (χ2n) is 6.48. The predicted molar refractivity (Wildman–Crippen MR) is 84.3 cm³/mol. The first kappa shape index (κ1) is 17.3. The fourth-order valence-corrected chi connectivity index (χ4v) is 3.76. The maximum absolute atomic E-state index is 12.4. The van der Waals surface area contributed by atoms with Crippen LogP contribution in [-0.4, -0.2) is 35.2 Å². The number of Topliss-reactive ketones (excluding diaryl/α,β-unsaturated/α-hetero) is 3. The maximum atomic E-state index is 12.4. The number of hydrogen-bond acceptors (Lipinski definition) is 5.